The summed E-state index contributed by atoms with van der Waals surface area (Å²) in [5, 5.41) is 13.7. The normalized spacial score (nSPS) is 21.0. The molecule has 0 spiro atoms. The molecule has 1 aliphatic rings. The molecule has 1 amide bonds. The number of ether oxygens (including phenoxy) is 1. The second-order valence-corrected chi connectivity index (χ2v) is 6.01. The molecule has 3 heterocycles. The number of carbonyl (C=O) groups excluding carboxylic acids is 1. The van der Waals surface area contributed by atoms with Crippen molar-refractivity contribution >= 4 is 16.9 Å². The highest BCUT2D eigenvalue weighted by atomic mass is 16.5. The molecule has 124 valence electrons. The molecule has 4 rings (SSSR count). The molecule has 1 saturated heterocycles. The van der Waals surface area contributed by atoms with Gasteiger partial charge in [-0.25, -0.2) is 4.98 Å². The lowest BCUT2D eigenvalue weighted by molar-refractivity contribution is -0.00301. The molecular weight excluding hydrogens is 308 g/mol. The van der Waals surface area contributed by atoms with Gasteiger partial charge in [-0.05, 0) is 31.0 Å². The summed E-state index contributed by atoms with van der Waals surface area (Å²) in [6.07, 6.45) is 5.06. The van der Waals surface area contributed by atoms with Crippen molar-refractivity contribution in [2.45, 2.75) is 25.0 Å². The maximum atomic E-state index is 12.5. The molecule has 1 aromatic carbocycles. The highest BCUT2D eigenvalue weighted by molar-refractivity contribution is 5.97. The highest BCUT2D eigenvalue weighted by Crippen LogP contribution is 2.27. The van der Waals surface area contributed by atoms with Crippen LogP contribution in [0.3, 0.4) is 0 Å². The number of nitrogens with zero attached hydrogens (tertiary/aromatic N) is 4. The minimum absolute atomic E-state index is 0.0467. The molecule has 0 unspecified atom stereocenters. The van der Waals surface area contributed by atoms with Crippen LogP contribution in [-0.4, -0.2) is 43.5 Å². The zero-order valence-electron chi connectivity index (χ0n) is 13.3. The van der Waals surface area contributed by atoms with Gasteiger partial charge in [0.05, 0.1) is 18.2 Å². The molecular formula is C16H18N6O2. The van der Waals surface area contributed by atoms with Gasteiger partial charge in [-0.2, -0.15) is 15.4 Å². The fourth-order valence-corrected chi connectivity index (χ4v) is 3.06. The smallest absolute Gasteiger partial charge is 0.251 e. The Morgan fingerprint density at radius 2 is 2.25 bits per heavy atom. The summed E-state index contributed by atoms with van der Waals surface area (Å²) in [6.45, 7) is 0.614. The van der Waals surface area contributed by atoms with Crippen LogP contribution in [0.5, 0.6) is 0 Å². The van der Waals surface area contributed by atoms with E-state index in [1.165, 1.54) is 0 Å². The van der Waals surface area contributed by atoms with Crippen molar-refractivity contribution in [2.75, 3.05) is 6.61 Å². The first-order chi connectivity index (χ1) is 11.7. The van der Waals surface area contributed by atoms with Gasteiger partial charge in [0.2, 0.25) is 0 Å². The largest absolute Gasteiger partial charge is 0.372 e. The molecule has 0 bridgehead atoms. The Balaban J connectivity index is 1.46. The van der Waals surface area contributed by atoms with Gasteiger partial charge >= 0.3 is 0 Å². The number of hydrogen-bond donors (Lipinski definition) is 2. The zero-order valence-corrected chi connectivity index (χ0v) is 13.3. The van der Waals surface area contributed by atoms with Gasteiger partial charge in [-0.15, -0.1) is 0 Å². The number of imidazole rings is 1. The van der Waals surface area contributed by atoms with Gasteiger partial charge in [0.25, 0.3) is 5.91 Å². The SMILES string of the molecule is Cn1cncc1[C@@H]1C[C@@H](NC(=O)c2ccc3n[nH]nc3c2)CCO1. The Labute approximate surface area is 138 Å². The average molecular weight is 326 g/mol. The Hall–Kier alpha value is -2.74. The second kappa shape index (κ2) is 6.04. The van der Waals surface area contributed by atoms with Crippen molar-refractivity contribution in [2.24, 2.45) is 7.05 Å². The Morgan fingerprint density at radius 3 is 3.08 bits per heavy atom. The van der Waals surface area contributed by atoms with Crippen LogP contribution in [0.2, 0.25) is 0 Å². The molecule has 1 aliphatic heterocycles. The fourth-order valence-electron chi connectivity index (χ4n) is 3.06. The zero-order chi connectivity index (χ0) is 16.5. The van der Waals surface area contributed by atoms with Crippen molar-refractivity contribution in [1.29, 1.82) is 0 Å². The number of aromatic amines is 1. The van der Waals surface area contributed by atoms with Gasteiger partial charge in [0, 0.05) is 25.3 Å². The van der Waals surface area contributed by atoms with E-state index in [1.807, 2.05) is 17.8 Å². The third-order valence-corrected chi connectivity index (χ3v) is 4.38. The van der Waals surface area contributed by atoms with Crippen LogP contribution in [-0.2, 0) is 11.8 Å². The first kappa shape index (κ1) is 14.8. The third-order valence-electron chi connectivity index (χ3n) is 4.38. The summed E-state index contributed by atoms with van der Waals surface area (Å²) < 4.78 is 7.79. The lowest BCUT2D eigenvalue weighted by Gasteiger charge is -2.30. The molecule has 2 aromatic heterocycles. The van der Waals surface area contributed by atoms with Crippen LogP contribution in [0.1, 0.15) is 35.0 Å². The predicted molar refractivity (Wildman–Crippen MR) is 86.3 cm³/mol. The molecule has 24 heavy (non-hydrogen) atoms. The van der Waals surface area contributed by atoms with Gasteiger partial charge < -0.3 is 14.6 Å². The van der Waals surface area contributed by atoms with Gasteiger partial charge in [0.15, 0.2) is 0 Å². The number of hydrogen-bond acceptors (Lipinski definition) is 5. The lowest BCUT2D eigenvalue weighted by Crippen LogP contribution is -2.40. The monoisotopic (exact) mass is 326 g/mol. The van der Waals surface area contributed by atoms with Crippen LogP contribution in [0, 0.1) is 0 Å². The van der Waals surface area contributed by atoms with Gasteiger partial charge in [-0.1, -0.05) is 0 Å². The number of fused-ring (bicyclic) bond motifs is 1. The van der Waals surface area contributed by atoms with Crippen molar-refractivity contribution in [1.82, 2.24) is 30.3 Å². The number of H-pyrrole nitrogens is 1. The highest BCUT2D eigenvalue weighted by Gasteiger charge is 2.27. The second-order valence-electron chi connectivity index (χ2n) is 6.01. The minimum Gasteiger partial charge on any atom is -0.372 e. The Morgan fingerprint density at radius 1 is 1.38 bits per heavy atom. The molecule has 0 saturated carbocycles. The molecule has 2 atom stereocenters. The van der Waals surface area contributed by atoms with E-state index in [4.69, 9.17) is 4.74 Å². The van der Waals surface area contributed by atoms with Crippen molar-refractivity contribution in [3.05, 3.63) is 42.0 Å². The minimum atomic E-state index is -0.101. The average Bonchev–Trinajstić information content (AvgIpc) is 3.22. The molecule has 3 aromatic rings. The first-order valence-electron chi connectivity index (χ1n) is 7.90. The van der Waals surface area contributed by atoms with E-state index >= 15 is 0 Å². The number of rotatable bonds is 3. The van der Waals surface area contributed by atoms with E-state index in [0.717, 1.165) is 24.1 Å². The van der Waals surface area contributed by atoms with Crippen molar-refractivity contribution in [3.8, 4) is 0 Å². The summed E-state index contributed by atoms with van der Waals surface area (Å²) in [5.41, 5.74) is 3.04. The summed E-state index contributed by atoms with van der Waals surface area (Å²) in [5.74, 6) is -0.101. The van der Waals surface area contributed by atoms with E-state index in [2.05, 4.69) is 25.7 Å². The van der Waals surface area contributed by atoms with Gasteiger partial charge in [0.1, 0.15) is 17.1 Å². The van der Waals surface area contributed by atoms with E-state index in [0.29, 0.717) is 17.7 Å². The fraction of sp³-hybridized carbons (Fsp3) is 0.375. The van der Waals surface area contributed by atoms with E-state index < -0.39 is 0 Å². The van der Waals surface area contributed by atoms with E-state index in [9.17, 15) is 4.79 Å². The Kier molecular flexibility index (Phi) is 3.73. The topological polar surface area (TPSA) is 97.7 Å². The summed E-state index contributed by atoms with van der Waals surface area (Å²) in [4.78, 5) is 16.6. The van der Waals surface area contributed by atoms with Crippen LogP contribution in [0.4, 0.5) is 0 Å². The molecule has 1 fully saturated rings. The number of carbonyl (C=O) groups is 1. The quantitative estimate of drug-likeness (QED) is 0.757. The molecule has 0 radical (unpaired) electrons. The molecule has 2 N–H and O–H groups in total. The number of aryl methyl sites for hydroxylation is 1. The van der Waals surface area contributed by atoms with Gasteiger partial charge in [-0.3, -0.25) is 4.79 Å². The molecule has 8 heteroatoms. The summed E-state index contributed by atoms with van der Waals surface area (Å²) >= 11 is 0. The summed E-state index contributed by atoms with van der Waals surface area (Å²) in [7, 11) is 1.95. The van der Waals surface area contributed by atoms with E-state index in [-0.39, 0.29) is 18.1 Å². The van der Waals surface area contributed by atoms with Crippen LogP contribution < -0.4 is 5.32 Å². The maximum Gasteiger partial charge on any atom is 0.251 e. The van der Waals surface area contributed by atoms with Crippen LogP contribution >= 0.6 is 0 Å². The number of aromatic nitrogens is 5. The molecule has 8 nitrogen and oxygen atoms in total. The molecule has 0 aliphatic carbocycles. The maximum absolute atomic E-state index is 12.5. The van der Waals surface area contributed by atoms with Crippen molar-refractivity contribution < 1.29 is 9.53 Å². The Bertz CT molecular complexity index is 870. The number of benzene rings is 1. The first-order valence-corrected chi connectivity index (χ1v) is 7.90. The lowest BCUT2D eigenvalue weighted by atomic mass is 10.0. The number of nitrogens with one attached hydrogen (secondary N) is 2. The van der Waals surface area contributed by atoms with Crippen LogP contribution in [0.25, 0.3) is 11.0 Å². The predicted octanol–water partition coefficient (Wildman–Crippen LogP) is 1.34. The van der Waals surface area contributed by atoms with Crippen molar-refractivity contribution in [3.63, 3.8) is 0 Å². The third kappa shape index (κ3) is 2.76. The van der Waals surface area contributed by atoms with E-state index in [1.54, 1.807) is 24.5 Å². The van der Waals surface area contributed by atoms with Crippen LogP contribution in [0.15, 0.2) is 30.7 Å². The number of amides is 1. The standard InChI is InChI=1S/C16H18N6O2/c1-22-9-17-8-14(22)15-7-11(4-5-24-15)18-16(23)10-2-3-12-13(6-10)20-21-19-12/h2-3,6,8-9,11,15H,4-5,7H2,1H3,(H,18,23)(H,19,20,21)/t11-,15-/m0/s1. The summed E-state index contributed by atoms with van der Waals surface area (Å²) in [6, 6.07) is 5.36.